The van der Waals surface area contributed by atoms with Crippen molar-refractivity contribution in [3.63, 3.8) is 0 Å². The number of imidazole rings is 1. The highest BCUT2D eigenvalue weighted by Gasteiger charge is 2.11. The van der Waals surface area contributed by atoms with Gasteiger partial charge >= 0.3 is 0 Å². The Kier molecular flexibility index (Phi) is 7.17. The van der Waals surface area contributed by atoms with E-state index in [0.29, 0.717) is 23.7 Å². The van der Waals surface area contributed by atoms with Crippen molar-refractivity contribution in [2.75, 3.05) is 6.54 Å². The van der Waals surface area contributed by atoms with Crippen LogP contribution in [0.15, 0.2) is 72.8 Å². The molecule has 0 saturated heterocycles. The molecule has 0 unspecified atom stereocenters. The first kappa shape index (κ1) is 22.0. The molecule has 0 spiro atoms. The average molecular weight is 450 g/mol. The third-order valence-corrected chi connectivity index (χ3v) is 5.71. The van der Waals surface area contributed by atoms with Crippen LogP contribution in [-0.4, -0.2) is 22.0 Å². The lowest BCUT2D eigenvalue weighted by Gasteiger charge is -2.10. The van der Waals surface area contributed by atoms with Crippen molar-refractivity contribution in [2.24, 2.45) is 0 Å². The van der Waals surface area contributed by atoms with E-state index < -0.39 is 0 Å². The van der Waals surface area contributed by atoms with E-state index in [1.165, 1.54) is 12.1 Å². The lowest BCUT2D eigenvalue weighted by Crippen LogP contribution is -2.24. The predicted molar refractivity (Wildman–Crippen MR) is 127 cm³/mol. The molecule has 4 rings (SSSR count). The van der Waals surface area contributed by atoms with E-state index in [1.54, 1.807) is 24.3 Å². The van der Waals surface area contributed by atoms with Gasteiger partial charge in [0.2, 0.25) is 0 Å². The van der Waals surface area contributed by atoms with Crippen LogP contribution in [-0.2, 0) is 13.0 Å². The third-order valence-electron chi connectivity index (χ3n) is 5.46. The number of benzene rings is 3. The number of carbonyl (C=O) groups is 1. The largest absolute Gasteiger partial charge is 0.352 e. The molecule has 1 amide bonds. The summed E-state index contributed by atoms with van der Waals surface area (Å²) < 4.78 is 15.5. The smallest absolute Gasteiger partial charge is 0.251 e. The molecule has 0 aliphatic heterocycles. The summed E-state index contributed by atoms with van der Waals surface area (Å²) in [6, 6.07) is 21.6. The fourth-order valence-electron chi connectivity index (χ4n) is 3.76. The second-order valence-corrected chi connectivity index (χ2v) is 8.24. The van der Waals surface area contributed by atoms with E-state index in [1.807, 2.05) is 30.3 Å². The number of para-hydroxylation sites is 2. The molecule has 4 aromatic rings. The second kappa shape index (κ2) is 10.4. The summed E-state index contributed by atoms with van der Waals surface area (Å²) >= 11 is 5.86. The first-order chi connectivity index (χ1) is 15.6. The molecule has 164 valence electrons. The maximum atomic E-state index is 13.3. The zero-order valence-corrected chi connectivity index (χ0v) is 18.5. The monoisotopic (exact) mass is 449 g/mol. The number of fused-ring (bicyclic) bond motifs is 1. The minimum atomic E-state index is -0.229. The van der Waals surface area contributed by atoms with Gasteiger partial charge < -0.3 is 9.88 Å². The molecule has 0 saturated carbocycles. The molecule has 0 radical (unpaired) electrons. The fraction of sp³-hybridized carbons (Fsp3) is 0.231. The van der Waals surface area contributed by atoms with Crippen LogP contribution in [0.3, 0.4) is 0 Å². The van der Waals surface area contributed by atoms with E-state index in [-0.39, 0.29) is 11.7 Å². The summed E-state index contributed by atoms with van der Waals surface area (Å²) in [5, 5.41) is 3.57. The number of aryl methyl sites for hydroxylation is 1. The standard InChI is InChI=1S/C26H25ClFN3O/c27-21-13-11-20(12-14-21)26(32)29-17-5-1-2-8-25-30-23-6-3-4-7-24(23)31(25)18-19-9-15-22(28)16-10-19/h3-4,6-7,9-16H,1-2,5,8,17-18H2,(H,29,32). The van der Waals surface area contributed by atoms with Crippen LogP contribution in [0.4, 0.5) is 4.39 Å². The first-order valence-corrected chi connectivity index (χ1v) is 11.2. The van der Waals surface area contributed by atoms with Crippen LogP contribution >= 0.6 is 11.6 Å². The highest BCUT2D eigenvalue weighted by molar-refractivity contribution is 6.30. The van der Waals surface area contributed by atoms with Crippen LogP contribution in [0.1, 0.15) is 41.0 Å². The number of rotatable bonds is 9. The van der Waals surface area contributed by atoms with Gasteiger partial charge in [-0.3, -0.25) is 4.79 Å². The van der Waals surface area contributed by atoms with E-state index in [4.69, 9.17) is 16.6 Å². The molecule has 1 heterocycles. The molecule has 1 N–H and O–H groups in total. The average Bonchev–Trinajstić information content (AvgIpc) is 3.15. The minimum absolute atomic E-state index is 0.0808. The van der Waals surface area contributed by atoms with Gasteiger partial charge in [-0.2, -0.15) is 0 Å². The third kappa shape index (κ3) is 5.54. The Hall–Kier alpha value is -3.18. The Morgan fingerprint density at radius 2 is 1.69 bits per heavy atom. The van der Waals surface area contributed by atoms with Gasteiger partial charge in [0.15, 0.2) is 0 Å². The maximum Gasteiger partial charge on any atom is 0.251 e. The molecule has 6 heteroatoms. The SMILES string of the molecule is O=C(NCCCCCc1nc2ccccc2n1Cc1ccc(F)cc1)c1ccc(Cl)cc1. The van der Waals surface area contributed by atoms with Gasteiger partial charge in [-0.15, -0.1) is 0 Å². The van der Waals surface area contributed by atoms with Gasteiger partial charge in [0.05, 0.1) is 11.0 Å². The molecule has 3 aromatic carbocycles. The summed E-state index contributed by atoms with van der Waals surface area (Å²) in [5.74, 6) is 0.719. The number of halogens is 2. The second-order valence-electron chi connectivity index (χ2n) is 7.80. The topological polar surface area (TPSA) is 46.9 Å². The Morgan fingerprint density at radius 1 is 0.938 bits per heavy atom. The zero-order chi connectivity index (χ0) is 22.3. The number of hydrogen-bond acceptors (Lipinski definition) is 2. The van der Waals surface area contributed by atoms with Crippen molar-refractivity contribution in [2.45, 2.75) is 32.2 Å². The van der Waals surface area contributed by atoms with Crippen LogP contribution < -0.4 is 5.32 Å². The molecule has 0 aliphatic rings. The van der Waals surface area contributed by atoms with E-state index >= 15 is 0 Å². The van der Waals surface area contributed by atoms with E-state index in [2.05, 4.69) is 16.0 Å². The highest BCUT2D eigenvalue weighted by atomic mass is 35.5. The van der Waals surface area contributed by atoms with Crippen molar-refractivity contribution in [1.82, 2.24) is 14.9 Å². The summed E-state index contributed by atoms with van der Waals surface area (Å²) in [4.78, 5) is 17.0. The fourth-order valence-corrected chi connectivity index (χ4v) is 3.88. The molecule has 0 bridgehead atoms. The molecular formula is C26H25ClFN3O. The summed E-state index contributed by atoms with van der Waals surface area (Å²) in [6.07, 6.45) is 3.71. The van der Waals surface area contributed by atoms with Crippen LogP contribution in [0, 0.1) is 5.82 Å². The predicted octanol–water partition coefficient (Wildman–Crippen LogP) is 6.02. The number of aromatic nitrogens is 2. The molecular weight excluding hydrogens is 425 g/mol. The number of unbranched alkanes of at least 4 members (excludes halogenated alkanes) is 2. The lowest BCUT2D eigenvalue weighted by atomic mass is 10.1. The minimum Gasteiger partial charge on any atom is -0.352 e. The van der Waals surface area contributed by atoms with Crippen LogP contribution in [0.2, 0.25) is 5.02 Å². The van der Waals surface area contributed by atoms with Gasteiger partial charge in [0.25, 0.3) is 5.91 Å². The molecule has 4 nitrogen and oxygen atoms in total. The Bertz CT molecular complexity index is 1190. The number of amides is 1. The van der Waals surface area contributed by atoms with Gasteiger partial charge in [-0.25, -0.2) is 9.37 Å². The van der Waals surface area contributed by atoms with E-state index in [9.17, 15) is 9.18 Å². The van der Waals surface area contributed by atoms with Crippen molar-refractivity contribution in [1.29, 1.82) is 0 Å². The summed E-state index contributed by atoms with van der Waals surface area (Å²) in [7, 11) is 0. The zero-order valence-electron chi connectivity index (χ0n) is 17.7. The lowest BCUT2D eigenvalue weighted by molar-refractivity contribution is 0.0953. The first-order valence-electron chi connectivity index (χ1n) is 10.8. The molecule has 0 atom stereocenters. The molecule has 0 aliphatic carbocycles. The maximum absolute atomic E-state index is 13.3. The van der Waals surface area contributed by atoms with Crippen molar-refractivity contribution in [3.05, 3.63) is 101 Å². The molecule has 1 aromatic heterocycles. The molecule has 0 fully saturated rings. The van der Waals surface area contributed by atoms with E-state index in [0.717, 1.165) is 48.1 Å². The Morgan fingerprint density at radius 3 is 2.47 bits per heavy atom. The van der Waals surface area contributed by atoms with Crippen molar-refractivity contribution < 1.29 is 9.18 Å². The summed E-state index contributed by atoms with van der Waals surface area (Å²) in [5.41, 5.74) is 3.71. The van der Waals surface area contributed by atoms with Gasteiger partial charge in [0.1, 0.15) is 11.6 Å². The number of nitrogens with one attached hydrogen (secondary N) is 1. The number of hydrogen-bond donors (Lipinski definition) is 1. The van der Waals surface area contributed by atoms with Crippen molar-refractivity contribution in [3.8, 4) is 0 Å². The number of carbonyl (C=O) groups excluding carboxylic acids is 1. The van der Waals surface area contributed by atoms with Crippen LogP contribution in [0.5, 0.6) is 0 Å². The number of nitrogens with zero attached hydrogens (tertiary/aromatic N) is 2. The quantitative estimate of drug-likeness (QED) is 0.317. The van der Waals surface area contributed by atoms with Gasteiger partial charge in [0, 0.05) is 30.1 Å². The molecule has 32 heavy (non-hydrogen) atoms. The van der Waals surface area contributed by atoms with Crippen LogP contribution in [0.25, 0.3) is 11.0 Å². The van der Waals surface area contributed by atoms with Gasteiger partial charge in [-0.05, 0) is 66.9 Å². The normalized spacial score (nSPS) is 11.1. The summed E-state index contributed by atoms with van der Waals surface area (Å²) in [6.45, 7) is 1.29. The highest BCUT2D eigenvalue weighted by Crippen LogP contribution is 2.20. The Labute approximate surface area is 192 Å². The van der Waals surface area contributed by atoms with Crippen molar-refractivity contribution >= 4 is 28.5 Å². The van der Waals surface area contributed by atoms with Gasteiger partial charge in [-0.1, -0.05) is 42.3 Å². The Balaban J connectivity index is 1.31.